The van der Waals surface area contributed by atoms with Gasteiger partial charge in [0.15, 0.2) is 0 Å². The average molecular weight is 472 g/mol. The second-order valence-corrected chi connectivity index (χ2v) is 9.09. The number of rotatable bonds is 8. The molecule has 0 aliphatic heterocycles. The summed E-state index contributed by atoms with van der Waals surface area (Å²) in [5, 5.41) is 11.6. The zero-order valence-electron chi connectivity index (χ0n) is 19.8. The molecule has 8 nitrogen and oxygen atoms in total. The van der Waals surface area contributed by atoms with E-state index >= 15 is 0 Å². The summed E-state index contributed by atoms with van der Waals surface area (Å²) in [5.41, 5.74) is 3.22. The van der Waals surface area contributed by atoms with Crippen molar-refractivity contribution in [2.24, 2.45) is 0 Å². The molecule has 35 heavy (non-hydrogen) atoms. The van der Waals surface area contributed by atoms with Crippen LogP contribution in [0.25, 0.3) is 11.0 Å². The quantitative estimate of drug-likeness (QED) is 0.417. The van der Waals surface area contributed by atoms with Gasteiger partial charge in [0, 0.05) is 6.04 Å². The van der Waals surface area contributed by atoms with E-state index in [0.29, 0.717) is 11.3 Å². The largest absolute Gasteiger partial charge is 0.467 e. The minimum atomic E-state index is -0.802. The summed E-state index contributed by atoms with van der Waals surface area (Å²) in [4.78, 5) is 29.2. The molecule has 1 aliphatic rings. The van der Waals surface area contributed by atoms with Crippen LogP contribution in [0, 0.1) is 6.92 Å². The van der Waals surface area contributed by atoms with Gasteiger partial charge in [-0.2, -0.15) is 0 Å². The van der Waals surface area contributed by atoms with Gasteiger partial charge in [0.2, 0.25) is 11.8 Å². The van der Waals surface area contributed by atoms with Crippen molar-refractivity contribution >= 4 is 22.8 Å². The topological polar surface area (TPSA) is 93.3 Å². The van der Waals surface area contributed by atoms with Crippen molar-refractivity contribution in [2.45, 2.75) is 57.8 Å². The Bertz CT molecular complexity index is 1310. The second-order valence-electron chi connectivity index (χ2n) is 9.09. The lowest BCUT2D eigenvalue weighted by atomic mass is 9.98. The van der Waals surface area contributed by atoms with Gasteiger partial charge in [-0.1, -0.05) is 54.5 Å². The minimum absolute atomic E-state index is 0.0414. The lowest BCUT2D eigenvalue weighted by Crippen LogP contribution is -2.47. The van der Waals surface area contributed by atoms with Crippen molar-refractivity contribution in [1.82, 2.24) is 25.2 Å². The van der Waals surface area contributed by atoms with E-state index < -0.39 is 6.04 Å². The van der Waals surface area contributed by atoms with E-state index in [9.17, 15) is 9.59 Å². The summed E-state index contributed by atoms with van der Waals surface area (Å²) < 4.78 is 7.17. The first-order valence-corrected chi connectivity index (χ1v) is 12.1. The lowest BCUT2D eigenvalue weighted by Gasteiger charge is -2.32. The summed E-state index contributed by atoms with van der Waals surface area (Å²) >= 11 is 0. The number of hydrogen-bond donors (Lipinski definition) is 1. The minimum Gasteiger partial charge on any atom is -0.467 e. The summed E-state index contributed by atoms with van der Waals surface area (Å²) in [5.74, 6) is 0.190. The van der Waals surface area contributed by atoms with E-state index in [0.717, 1.165) is 42.3 Å². The number of carbonyl (C=O) groups excluding carboxylic acids is 2. The van der Waals surface area contributed by atoms with E-state index in [4.69, 9.17) is 4.42 Å². The Labute approximate surface area is 203 Å². The number of amides is 2. The molecular formula is C27H29N5O3. The molecule has 1 atom stereocenters. The third kappa shape index (κ3) is 4.96. The van der Waals surface area contributed by atoms with Crippen LogP contribution in [0.5, 0.6) is 0 Å². The summed E-state index contributed by atoms with van der Waals surface area (Å²) in [7, 11) is 0. The van der Waals surface area contributed by atoms with Crippen LogP contribution < -0.4 is 5.32 Å². The Morgan fingerprint density at radius 1 is 1.09 bits per heavy atom. The van der Waals surface area contributed by atoms with Crippen LogP contribution in [-0.2, 0) is 22.7 Å². The third-order valence-corrected chi connectivity index (χ3v) is 6.68. The first-order valence-electron chi connectivity index (χ1n) is 12.1. The molecule has 2 heterocycles. The molecule has 2 amide bonds. The highest BCUT2D eigenvalue weighted by Crippen LogP contribution is 2.28. The highest BCUT2D eigenvalue weighted by atomic mass is 16.3. The van der Waals surface area contributed by atoms with Gasteiger partial charge < -0.3 is 14.6 Å². The van der Waals surface area contributed by atoms with Crippen LogP contribution in [0.4, 0.5) is 0 Å². The van der Waals surface area contributed by atoms with Crippen LogP contribution in [0.15, 0.2) is 71.3 Å². The van der Waals surface area contributed by atoms with Crippen LogP contribution in [-0.4, -0.2) is 37.7 Å². The standard InChI is InChI=1S/C27H29N5O3/c1-19-9-2-5-13-22(19)26(27(34)28-20-10-3-4-11-20)31(17-21-12-8-16-35-21)25(33)18-32-24-15-7-6-14-23(24)29-30-32/h2,5-9,12-16,20,26H,3-4,10-11,17-18H2,1H3,(H,28,34)/t26-/m1/s1. The van der Waals surface area contributed by atoms with Crippen molar-refractivity contribution in [1.29, 1.82) is 0 Å². The smallest absolute Gasteiger partial charge is 0.247 e. The first kappa shape index (κ1) is 22.8. The van der Waals surface area contributed by atoms with Crippen LogP contribution in [0.3, 0.4) is 0 Å². The Morgan fingerprint density at radius 3 is 2.63 bits per heavy atom. The second kappa shape index (κ2) is 10.1. The van der Waals surface area contributed by atoms with Gasteiger partial charge in [0.1, 0.15) is 23.9 Å². The lowest BCUT2D eigenvalue weighted by molar-refractivity contribution is -0.142. The number of benzene rings is 2. The summed E-state index contributed by atoms with van der Waals surface area (Å²) in [6.07, 6.45) is 5.71. The highest BCUT2D eigenvalue weighted by molar-refractivity contribution is 5.89. The fourth-order valence-corrected chi connectivity index (χ4v) is 4.84. The molecule has 1 saturated carbocycles. The Kier molecular flexibility index (Phi) is 6.61. The van der Waals surface area contributed by atoms with Crippen molar-refractivity contribution in [3.05, 3.63) is 83.8 Å². The average Bonchev–Trinajstić information content (AvgIpc) is 3.63. The highest BCUT2D eigenvalue weighted by Gasteiger charge is 2.34. The van der Waals surface area contributed by atoms with Crippen molar-refractivity contribution in [3.8, 4) is 0 Å². The van der Waals surface area contributed by atoms with Gasteiger partial charge in [-0.3, -0.25) is 9.59 Å². The predicted molar refractivity (Wildman–Crippen MR) is 131 cm³/mol. The number of carbonyl (C=O) groups is 2. The Balaban J connectivity index is 1.52. The molecule has 1 N–H and O–H groups in total. The fourth-order valence-electron chi connectivity index (χ4n) is 4.84. The van der Waals surface area contributed by atoms with Crippen molar-refractivity contribution in [2.75, 3.05) is 0 Å². The van der Waals surface area contributed by atoms with Gasteiger partial charge >= 0.3 is 0 Å². The maximum atomic E-state index is 13.9. The molecule has 0 saturated heterocycles. The maximum absolute atomic E-state index is 13.9. The summed E-state index contributed by atoms with van der Waals surface area (Å²) in [6.45, 7) is 2.08. The van der Waals surface area contributed by atoms with Gasteiger partial charge in [-0.15, -0.1) is 5.10 Å². The number of nitrogens with zero attached hydrogens (tertiary/aromatic N) is 4. The van der Waals surface area contributed by atoms with Gasteiger partial charge in [-0.25, -0.2) is 4.68 Å². The number of hydrogen-bond acceptors (Lipinski definition) is 5. The monoisotopic (exact) mass is 471 g/mol. The molecule has 0 bridgehead atoms. The Hall–Kier alpha value is -3.94. The molecular weight excluding hydrogens is 442 g/mol. The predicted octanol–water partition coefficient (Wildman–Crippen LogP) is 4.16. The zero-order chi connectivity index (χ0) is 24.2. The van der Waals surface area contributed by atoms with Crippen LogP contribution in [0.1, 0.15) is 48.6 Å². The van der Waals surface area contributed by atoms with Crippen LogP contribution in [0.2, 0.25) is 0 Å². The molecule has 5 rings (SSSR count). The van der Waals surface area contributed by atoms with E-state index in [1.54, 1.807) is 21.9 Å². The SMILES string of the molecule is Cc1ccccc1[C@H](C(=O)NC1CCCC1)N(Cc1ccco1)C(=O)Cn1nnc2ccccc21. The van der Waals surface area contributed by atoms with E-state index in [1.807, 2.05) is 61.5 Å². The number of furan rings is 1. The Morgan fingerprint density at radius 2 is 1.86 bits per heavy atom. The molecule has 0 radical (unpaired) electrons. The van der Waals surface area contributed by atoms with Gasteiger partial charge in [0.05, 0.1) is 18.3 Å². The number of para-hydroxylation sites is 1. The molecule has 2 aromatic carbocycles. The normalized spacial score (nSPS) is 14.8. The fraction of sp³-hybridized carbons (Fsp3) is 0.333. The molecule has 4 aromatic rings. The molecule has 0 spiro atoms. The summed E-state index contributed by atoms with van der Waals surface area (Å²) in [6, 6.07) is 18.2. The molecule has 2 aromatic heterocycles. The molecule has 0 unspecified atom stereocenters. The van der Waals surface area contributed by atoms with Gasteiger partial charge in [-0.05, 0) is 55.2 Å². The first-order chi connectivity index (χ1) is 17.1. The molecule has 180 valence electrons. The van der Waals surface area contributed by atoms with Crippen molar-refractivity contribution < 1.29 is 14.0 Å². The number of aryl methyl sites for hydroxylation is 1. The number of nitrogens with one attached hydrogen (secondary N) is 1. The van der Waals surface area contributed by atoms with E-state index in [1.165, 1.54) is 0 Å². The van der Waals surface area contributed by atoms with E-state index in [2.05, 4.69) is 15.6 Å². The zero-order valence-corrected chi connectivity index (χ0v) is 19.8. The maximum Gasteiger partial charge on any atom is 0.247 e. The van der Waals surface area contributed by atoms with Gasteiger partial charge in [0.25, 0.3) is 0 Å². The molecule has 1 aliphatic carbocycles. The van der Waals surface area contributed by atoms with Crippen LogP contribution >= 0.6 is 0 Å². The number of fused-ring (bicyclic) bond motifs is 1. The third-order valence-electron chi connectivity index (χ3n) is 6.68. The molecule has 8 heteroatoms. The van der Waals surface area contributed by atoms with E-state index in [-0.39, 0.29) is 30.9 Å². The number of aromatic nitrogens is 3. The van der Waals surface area contributed by atoms with Crippen molar-refractivity contribution in [3.63, 3.8) is 0 Å². The molecule has 1 fully saturated rings.